The standard InChI is InChI=1S/C12H13NO3/c14-9-11-6-7-16-12(15)13(11)8-10-4-2-1-3-5-10/h1-7,11,14H,8-9H2/t11-/m0/s1. The normalized spacial score (nSPS) is 19.7. The molecule has 84 valence electrons. The van der Waals surface area contributed by atoms with Crippen molar-refractivity contribution in [1.82, 2.24) is 4.90 Å². The Bertz CT molecular complexity index is 389. The molecule has 4 nitrogen and oxygen atoms in total. The van der Waals surface area contributed by atoms with Crippen molar-refractivity contribution in [2.45, 2.75) is 12.6 Å². The van der Waals surface area contributed by atoms with Crippen molar-refractivity contribution in [3.05, 3.63) is 48.2 Å². The molecule has 1 aliphatic heterocycles. The molecule has 0 fully saturated rings. The van der Waals surface area contributed by atoms with Crippen molar-refractivity contribution in [2.24, 2.45) is 0 Å². The molecule has 1 heterocycles. The van der Waals surface area contributed by atoms with Crippen molar-refractivity contribution < 1.29 is 14.6 Å². The minimum Gasteiger partial charge on any atom is -0.418 e. The van der Waals surface area contributed by atoms with Crippen LogP contribution in [-0.2, 0) is 11.3 Å². The number of cyclic esters (lactones) is 1. The van der Waals surface area contributed by atoms with Crippen molar-refractivity contribution in [3.8, 4) is 0 Å². The maximum Gasteiger partial charge on any atom is 0.415 e. The number of nitrogens with zero attached hydrogens (tertiary/aromatic N) is 1. The Morgan fingerprint density at radius 1 is 1.31 bits per heavy atom. The summed E-state index contributed by atoms with van der Waals surface area (Å²) in [6.07, 6.45) is 2.57. The summed E-state index contributed by atoms with van der Waals surface area (Å²) < 4.78 is 4.79. The molecule has 1 atom stereocenters. The molecule has 0 radical (unpaired) electrons. The van der Waals surface area contributed by atoms with Gasteiger partial charge >= 0.3 is 6.09 Å². The molecule has 16 heavy (non-hydrogen) atoms. The molecule has 0 spiro atoms. The van der Waals surface area contributed by atoms with E-state index < -0.39 is 6.09 Å². The molecule has 0 saturated heterocycles. The first kappa shape index (κ1) is 10.7. The van der Waals surface area contributed by atoms with Gasteiger partial charge in [0, 0.05) is 6.54 Å². The van der Waals surface area contributed by atoms with Gasteiger partial charge in [0.2, 0.25) is 0 Å². The van der Waals surface area contributed by atoms with Gasteiger partial charge in [-0.3, -0.25) is 4.90 Å². The summed E-state index contributed by atoms with van der Waals surface area (Å²) >= 11 is 0. The molecule has 4 heteroatoms. The molecule has 0 aromatic heterocycles. The second-order valence-corrected chi connectivity index (χ2v) is 3.58. The predicted molar refractivity (Wildman–Crippen MR) is 58.5 cm³/mol. The fourth-order valence-electron chi connectivity index (χ4n) is 1.62. The maximum absolute atomic E-state index is 11.5. The van der Waals surface area contributed by atoms with E-state index in [-0.39, 0.29) is 12.6 Å². The van der Waals surface area contributed by atoms with Crippen LogP contribution in [0.4, 0.5) is 4.79 Å². The molecule has 2 rings (SSSR count). The van der Waals surface area contributed by atoms with Gasteiger partial charge in [0.15, 0.2) is 0 Å². The summed E-state index contributed by atoms with van der Waals surface area (Å²) in [5, 5.41) is 9.16. The van der Waals surface area contributed by atoms with E-state index in [0.717, 1.165) is 5.56 Å². The van der Waals surface area contributed by atoms with Crippen LogP contribution in [0.5, 0.6) is 0 Å². The number of carbonyl (C=O) groups is 1. The first-order valence-electron chi connectivity index (χ1n) is 5.10. The average molecular weight is 219 g/mol. The Labute approximate surface area is 93.8 Å². The molecule has 1 aromatic rings. The van der Waals surface area contributed by atoms with Crippen molar-refractivity contribution in [3.63, 3.8) is 0 Å². The molecule has 0 bridgehead atoms. The molecule has 1 amide bonds. The zero-order chi connectivity index (χ0) is 11.4. The number of ether oxygens (including phenoxy) is 1. The van der Waals surface area contributed by atoms with Crippen LogP contribution in [0.15, 0.2) is 42.7 Å². The highest BCUT2D eigenvalue weighted by Crippen LogP contribution is 2.14. The van der Waals surface area contributed by atoms with E-state index in [1.165, 1.54) is 11.2 Å². The van der Waals surface area contributed by atoms with Gasteiger partial charge in [0.25, 0.3) is 0 Å². The number of carbonyl (C=O) groups excluding carboxylic acids is 1. The number of aliphatic hydroxyl groups is 1. The molecule has 1 aliphatic rings. The van der Waals surface area contributed by atoms with Crippen LogP contribution in [0.2, 0.25) is 0 Å². The van der Waals surface area contributed by atoms with Crippen LogP contribution in [0.3, 0.4) is 0 Å². The Morgan fingerprint density at radius 2 is 2.06 bits per heavy atom. The fraction of sp³-hybridized carbons (Fsp3) is 0.250. The van der Waals surface area contributed by atoms with Crippen LogP contribution in [0, 0.1) is 0 Å². The van der Waals surface area contributed by atoms with Gasteiger partial charge in [-0.1, -0.05) is 30.3 Å². The summed E-state index contributed by atoms with van der Waals surface area (Å²) in [5.41, 5.74) is 1.01. The van der Waals surface area contributed by atoms with Crippen LogP contribution >= 0.6 is 0 Å². The first-order chi connectivity index (χ1) is 7.81. The van der Waals surface area contributed by atoms with E-state index in [1.54, 1.807) is 6.08 Å². The van der Waals surface area contributed by atoms with Crippen molar-refractivity contribution in [1.29, 1.82) is 0 Å². The van der Waals surface area contributed by atoms with E-state index in [2.05, 4.69) is 0 Å². The molecule has 1 N–H and O–H groups in total. The largest absolute Gasteiger partial charge is 0.418 e. The molecule has 0 aliphatic carbocycles. The highest BCUT2D eigenvalue weighted by molar-refractivity contribution is 5.70. The third-order valence-corrected chi connectivity index (χ3v) is 2.49. The van der Waals surface area contributed by atoms with E-state index in [9.17, 15) is 4.79 Å². The summed E-state index contributed by atoms with van der Waals surface area (Å²) in [6, 6.07) is 9.30. The second-order valence-electron chi connectivity index (χ2n) is 3.58. The molecule has 0 saturated carbocycles. The number of benzene rings is 1. The highest BCUT2D eigenvalue weighted by Gasteiger charge is 2.25. The Balaban J connectivity index is 2.13. The first-order valence-corrected chi connectivity index (χ1v) is 5.10. The predicted octanol–water partition coefficient (Wildman–Crippen LogP) is 1.51. The van der Waals surface area contributed by atoms with Crippen molar-refractivity contribution >= 4 is 6.09 Å². The van der Waals surface area contributed by atoms with Gasteiger partial charge in [-0.25, -0.2) is 4.79 Å². The van der Waals surface area contributed by atoms with Crippen LogP contribution in [0.25, 0.3) is 0 Å². The minimum atomic E-state index is -0.426. The van der Waals surface area contributed by atoms with Gasteiger partial charge in [-0.05, 0) is 11.6 Å². The third kappa shape index (κ3) is 2.23. The molecular formula is C12H13NO3. The number of rotatable bonds is 3. The van der Waals surface area contributed by atoms with Gasteiger partial charge in [-0.15, -0.1) is 0 Å². The Morgan fingerprint density at radius 3 is 2.75 bits per heavy atom. The summed E-state index contributed by atoms with van der Waals surface area (Å²) in [7, 11) is 0. The van der Waals surface area contributed by atoms with Gasteiger partial charge in [-0.2, -0.15) is 0 Å². The van der Waals surface area contributed by atoms with Gasteiger partial charge in [0.05, 0.1) is 18.9 Å². The van der Waals surface area contributed by atoms with Gasteiger partial charge in [0.1, 0.15) is 0 Å². The van der Waals surface area contributed by atoms with Gasteiger partial charge < -0.3 is 9.84 Å². The number of aliphatic hydroxyl groups excluding tert-OH is 1. The minimum absolute atomic E-state index is 0.0988. The zero-order valence-electron chi connectivity index (χ0n) is 8.74. The van der Waals surface area contributed by atoms with E-state index in [1.807, 2.05) is 30.3 Å². The molecular weight excluding hydrogens is 206 g/mol. The lowest BCUT2D eigenvalue weighted by molar-refractivity contribution is 0.0904. The molecule has 1 aromatic carbocycles. The SMILES string of the molecule is O=C1OC=C[C@@H](CO)N1Cc1ccccc1. The van der Waals surface area contributed by atoms with E-state index >= 15 is 0 Å². The number of amides is 1. The summed E-state index contributed by atoms with van der Waals surface area (Å²) in [4.78, 5) is 13.0. The van der Waals surface area contributed by atoms with Crippen LogP contribution in [-0.4, -0.2) is 28.7 Å². The summed E-state index contributed by atoms with van der Waals surface area (Å²) in [5.74, 6) is 0. The van der Waals surface area contributed by atoms with Crippen LogP contribution < -0.4 is 0 Å². The quantitative estimate of drug-likeness (QED) is 0.838. The lowest BCUT2D eigenvalue weighted by atomic mass is 10.1. The van der Waals surface area contributed by atoms with Crippen molar-refractivity contribution in [2.75, 3.05) is 6.61 Å². The maximum atomic E-state index is 11.5. The second kappa shape index (κ2) is 4.81. The number of hydrogen-bond acceptors (Lipinski definition) is 3. The van der Waals surface area contributed by atoms with E-state index in [0.29, 0.717) is 6.54 Å². The highest BCUT2D eigenvalue weighted by atomic mass is 16.5. The lowest BCUT2D eigenvalue weighted by Crippen LogP contribution is -2.42. The topological polar surface area (TPSA) is 49.8 Å². The monoisotopic (exact) mass is 219 g/mol. The zero-order valence-corrected chi connectivity index (χ0v) is 8.74. The Kier molecular flexibility index (Phi) is 3.22. The fourth-order valence-corrected chi connectivity index (χ4v) is 1.62. The average Bonchev–Trinajstić information content (AvgIpc) is 2.33. The number of hydrogen-bond donors (Lipinski definition) is 1. The summed E-state index contributed by atoms with van der Waals surface area (Å²) in [6.45, 7) is 0.341. The Hall–Kier alpha value is -1.81. The lowest BCUT2D eigenvalue weighted by Gasteiger charge is -2.29. The van der Waals surface area contributed by atoms with E-state index in [4.69, 9.17) is 9.84 Å². The molecule has 0 unspecified atom stereocenters. The third-order valence-electron chi connectivity index (χ3n) is 2.49. The van der Waals surface area contributed by atoms with Crippen LogP contribution in [0.1, 0.15) is 5.56 Å². The smallest absolute Gasteiger partial charge is 0.415 e.